The lowest BCUT2D eigenvalue weighted by Crippen LogP contribution is -2.31. The molecule has 1 aliphatic heterocycles. The van der Waals surface area contributed by atoms with Gasteiger partial charge < -0.3 is 4.90 Å². The number of hydrogen-bond donors (Lipinski definition) is 0. The first kappa shape index (κ1) is 15.6. The summed E-state index contributed by atoms with van der Waals surface area (Å²) in [5, 5.41) is 7.09. The van der Waals surface area contributed by atoms with Crippen LogP contribution in [0.2, 0.25) is 5.15 Å². The Hall–Kier alpha value is -1.33. The van der Waals surface area contributed by atoms with Crippen LogP contribution in [0.1, 0.15) is 41.4 Å². The van der Waals surface area contributed by atoms with Crippen molar-refractivity contribution >= 4 is 28.8 Å². The van der Waals surface area contributed by atoms with Crippen LogP contribution in [-0.2, 0) is 18.3 Å². The SMILES string of the molecule is Cc1nn(C)c(Cl)c1[C@@H]1CCCN1C(=O)CCc1cccs1. The van der Waals surface area contributed by atoms with Crippen molar-refractivity contribution in [3.63, 3.8) is 0 Å². The normalized spacial score (nSPS) is 18.1. The van der Waals surface area contributed by atoms with E-state index in [-0.39, 0.29) is 11.9 Å². The van der Waals surface area contributed by atoms with Crippen LogP contribution in [0.25, 0.3) is 0 Å². The Balaban J connectivity index is 1.73. The molecule has 118 valence electrons. The minimum absolute atomic E-state index is 0.0806. The summed E-state index contributed by atoms with van der Waals surface area (Å²) >= 11 is 8.09. The smallest absolute Gasteiger partial charge is 0.223 e. The molecule has 6 heteroatoms. The van der Waals surface area contributed by atoms with Gasteiger partial charge in [0, 0.05) is 30.5 Å². The third-order valence-electron chi connectivity index (χ3n) is 4.27. The number of likely N-dealkylation sites (tertiary alicyclic amines) is 1. The highest BCUT2D eigenvalue weighted by Crippen LogP contribution is 2.37. The monoisotopic (exact) mass is 337 g/mol. The molecule has 2 aromatic rings. The molecule has 0 aliphatic carbocycles. The summed E-state index contributed by atoms with van der Waals surface area (Å²) in [6, 6.07) is 4.20. The average Bonchev–Trinajstić information content (AvgIpc) is 3.19. The molecule has 1 amide bonds. The molecule has 2 aromatic heterocycles. The summed E-state index contributed by atoms with van der Waals surface area (Å²) in [5.74, 6) is 0.218. The minimum atomic E-state index is 0.0806. The second-order valence-corrected chi connectivity index (χ2v) is 7.13. The van der Waals surface area contributed by atoms with Gasteiger partial charge in [0.15, 0.2) is 0 Å². The number of rotatable bonds is 4. The van der Waals surface area contributed by atoms with Crippen molar-refractivity contribution in [2.24, 2.45) is 7.05 Å². The van der Waals surface area contributed by atoms with Crippen molar-refractivity contribution in [1.82, 2.24) is 14.7 Å². The molecule has 0 spiro atoms. The first-order chi connectivity index (χ1) is 10.6. The largest absolute Gasteiger partial charge is 0.335 e. The molecule has 3 rings (SSSR count). The van der Waals surface area contributed by atoms with Gasteiger partial charge in [-0.05, 0) is 37.6 Å². The maximum absolute atomic E-state index is 12.6. The maximum Gasteiger partial charge on any atom is 0.223 e. The highest BCUT2D eigenvalue weighted by Gasteiger charge is 2.33. The first-order valence-corrected chi connectivity index (χ1v) is 8.84. The van der Waals surface area contributed by atoms with Crippen molar-refractivity contribution in [3.8, 4) is 0 Å². The molecule has 0 saturated carbocycles. The Bertz CT molecular complexity index is 665. The van der Waals surface area contributed by atoms with Gasteiger partial charge in [0.1, 0.15) is 5.15 Å². The second-order valence-electron chi connectivity index (χ2n) is 5.74. The van der Waals surface area contributed by atoms with Gasteiger partial charge in [-0.15, -0.1) is 11.3 Å². The van der Waals surface area contributed by atoms with E-state index in [9.17, 15) is 4.79 Å². The van der Waals surface area contributed by atoms with Gasteiger partial charge in [-0.25, -0.2) is 0 Å². The zero-order valence-electron chi connectivity index (χ0n) is 12.9. The second kappa shape index (κ2) is 6.42. The first-order valence-electron chi connectivity index (χ1n) is 7.58. The van der Waals surface area contributed by atoms with Gasteiger partial charge in [-0.2, -0.15) is 5.10 Å². The van der Waals surface area contributed by atoms with Gasteiger partial charge in [-0.1, -0.05) is 17.7 Å². The number of aromatic nitrogens is 2. The summed E-state index contributed by atoms with van der Waals surface area (Å²) < 4.78 is 1.69. The Labute approximate surface area is 139 Å². The van der Waals surface area contributed by atoms with Crippen molar-refractivity contribution in [2.45, 2.75) is 38.6 Å². The van der Waals surface area contributed by atoms with Crippen LogP contribution < -0.4 is 0 Å². The molecule has 4 nitrogen and oxygen atoms in total. The minimum Gasteiger partial charge on any atom is -0.335 e. The van der Waals surface area contributed by atoms with Crippen molar-refractivity contribution in [1.29, 1.82) is 0 Å². The van der Waals surface area contributed by atoms with E-state index >= 15 is 0 Å². The number of aryl methyl sites for hydroxylation is 3. The van der Waals surface area contributed by atoms with Gasteiger partial charge in [0.05, 0.1) is 11.7 Å². The van der Waals surface area contributed by atoms with Crippen LogP contribution in [0.4, 0.5) is 0 Å². The fraction of sp³-hybridized carbons (Fsp3) is 0.500. The van der Waals surface area contributed by atoms with E-state index in [1.165, 1.54) is 4.88 Å². The van der Waals surface area contributed by atoms with E-state index in [4.69, 9.17) is 11.6 Å². The third-order valence-corrected chi connectivity index (χ3v) is 5.65. The van der Waals surface area contributed by atoms with Crippen LogP contribution in [-0.4, -0.2) is 27.1 Å². The lowest BCUT2D eigenvalue weighted by atomic mass is 10.1. The topological polar surface area (TPSA) is 38.1 Å². The standard InChI is InChI=1S/C16H20ClN3OS/c1-11-15(16(17)19(2)18-11)13-6-3-9-20(13)14(21)8-7-12-5-4-10-22-12/h4-5,10,13H,3,6-9H2,1-2H3/t13-/m0/s1. The van der Waals surface area contributed by atoms with E-state index in [1.807, 2.05) is 24.9 Å². The molecule has 1 aliphatic rings. The highest BCUT2D eigenvalue weighted by atomic mass is 35.5. The Morgan fingerprint density at radius 1 is 1.55 bits per heavy atom. The Kier molecular flexibility index (Phi) is 4.54. The fourth-order valence-electron chi connectivity index (χ4n) is 3.22. The van der Waals surface area contributed by atoms with Crippen LogP contribution in [0.5, 0.6) is 0 Å². The fourth-order valence-corrected chi connectivity index (χ4v) is 4.23. The predicted molar refractivity (Wildman–Crippen MR) is 89.3 cm³/mol. The quantitative estimate of drug-likeness (QED) is 0.852. The molecular formula is C16H20ClN3OS. The van der Waals surface area contributed by atoms with Gasteiger partial charge in [0.2, 0.25) is 5.91 Å². The number of hydrogen-bond acceptors (Lipinski definition) is 3. The van der Waals surface area contributed by atoms with Gasteiger partial charge in [-0.3, -0.25) is 9.48 Å². The van der Waals surface area contributed by atoms with Gasteiger partial charge in [0.25, 0.3) is 0 Å². The number of amides is 1. The summed E-state index contributed by atoms with van der Waals surface area (Å²) in [7, 11) is 1.84. The molecule has 1 fully saturated rings. The number of halogens is 1. The molecule has 0 N–H and O–H groups in total. The summed E-state index contributed by atoms with van der Waals surface area (Å²) in [5.41, 5.74) is 1.95. The molecule has 0 unspecified atom stereocenters. The van der Waals surface area contributed by atoms with Crippen molar-refractivity contribution in [3.05, 3.63) is 38.8 Å². The molecule has 0 radical (unpaired) electrons. The summed E-state index contributed by atoms with van der Waals surface area (Å²) in [4.78, 5) is 15.9. The zero-order chi connectivity index (χ0) is 15.7. The van der Waals surface area contributed by atoms with E-state index in [1.54, 1.807) is 16.0 Å². The predicted octanol–water partition coefficient (Wildman–Crippen LogP) is 3.74. The van der Waals surface area contributed by atoms with Gasteiger partial charge >= 0.3 is 0 Å². The van der Waals surface area contributed by atoms with Crippen LogP contribution >= 0.6 is 22.9 Å². The summed E-state index contributed by atoms with van der Waals surface area (Å²) in [6.45, 7) is 2.78. The molecular weight excluding hydrogens is 318 g/mol. The Morgan fingerprint density at radius 2 is 2.36 bits per heavy atom. The van der Waals surface area contributed by atoms with Crippen LogP contribution in [0.15, 0.2) is 17.5 Å². The number of carbonyl (C=O) groups is 1. The summed E-state index contributed by atoms with van der Waals surface area (Å²) in [6.07, 6.45) is 3.38. The number of thiophene rings is 1. The van der Waals surface area contributed by atoms with E-state index in [0.29, 0.717) is 11.6 Å². The number of carbonyl (C=O) groups excluding carboxylic acids is 1. The number of nitrogens with zero attached hydrogens (tertiary/aromatic N) is 3. The highest BCUT2D eigenvalue weighted by molar-refractivity contribution is 7.09. The average molecular weight is 338 g/mol. The molecule has 1 atom stereocenters. The Morgan fingerprint density at radius 3 is 3.00 bits per heavy atom. The lowest BCUT2D eigenvalue weighted by molar-refractivity contribution is -0.132. The molecule has 3 heterocycles. The van der Waals surface area contributed by atoms with Crippen molar-refractivity contribution in [2.75, 3.05) is 6.54 Å². The van der Waals surface area contributed by atoms with E-state index in [2.05, 4.69) is 16.5 Å². The maximum atomic E-state index is 12.6. The molecule has 0 bridgehead atoms. The van der Waals surface area contributed by atoms with E-state index in [0.717, 1.165) is 37.1 Å². The zero-order valence-corrected chi connectivity index (χ0v) is 14.5. The molecule has 0 aromatic carbocycles. The lowest BCUT2D eigenvalue weighted by Gasteiger charge is -2.25. The van der Waals surface area contributed by atoms with Crippen LogP contribution in [0.3, 0.4) is 0 Å². The third kappa shape index (κ3) is 2.92. The van der Waals surface area contributed by atoms with Crippen LogP contribution in [0, 0.1) is 6.92 Å². The van der Waals surface area contributed by atoms with Crippen molar-refractivity contribution < 1.29 is 4.79 Å². The van der Waals surface area contributed by atoms with E-state index < -0.39 is 0 Å². The molecule has 22 heavy (non-hydrogen) atoms. The molecule has 1 saturated heterocycles.